The van der Waals surface area contributed by atoms with E-state index in [1.807, 2.05) is 18.2 Å². The zero-order valence-electron chi connectivity index (χ0n) is 8.59. The molecule has 0 radical (unpaired) electrons. The average molecular weight is 225 g/mol. The zero-order valence-corrected chi connectivity index (χ0v) is 9.34. The summed E-state index contributed by atoms with van der Waals surface area (Å²) in [4.78, 5) is 4.35. The van der Waals surface area contributed by atoms with Crippen molar-refractivity contribution in [2.24, 2.45) is 4.99 Å². The standard InChI is InChI=1S/C11H13ClN2O/c1-15-10-7-9(12)3-2-8(10)6-11-13-4-5-14-11/h2-3,7H,4-6H2,1H3,(H,13,14). The molecule has 1 aliphatic heterocycles. The number of ether oxygens (including phenoxy) is 1. The second-order valence-electron chi connectivity index (χ2n) is 3.39. The van der Waals surface area contributed by atoms with Gasteiger partial charge in [0.2, 0.25) is 0 Å². The van der Waals surface area contributed by atoms with Crippen LogP contribution in [-0.4, -0.2) is 26.0 Å². The first-order chi connectivity index (χ1) is 7.29. The minimum Gasteiger partial charge on any atom is -0.496 e. The fourth-order valence-electron chi connectivity index (χ4n) is 1.61. The molecule has 4 heteroatoms. The molecule has 0 aliphatic carbocycles. The van der Waals surface area contributed by atoms with Gasteiger partial charge in [0.05, 0.1) is 13.7 Å². The first-order valence-electron chi connectivity index (χ1n) is 4.89. The Hall–Kier alpha value is -1.22. The van der Waals surface area contributed by atoms with Crippen molar-refractivity contribution in [1.29, 1.82) is 0 Å². The third-order valence-electron chi connectivity index (χ3n) is 2.35. The maximum Gasteiger partial charge on any atom is 0.123 e. The quantitative estimate of drug-likeness (QED) is 0.851. The minimum absolute atomic E-state index is 0.692. The first kappa shape index (κ1) is 10.3. The number of methoxy groups -OCH3 is 1. The summed E-state index contributed by atoms with van der Waals surface area (Å²) in [5.74, 6) is 1.84. The van der Waals surface area contributed by atoms with E-state index in [-0.39, 0.29) is 0 Å². The van der Waals surface area contributed by atoms with E-state index < -0.39 is 0 Å². The molecule has 0 atom stereocenters. The van der Waals surface area contributed by atoms with E-state index >= 15 is 0 Å². The van der Waals surface area contributed by atoms with Gasteiger partial charge in [-0.2, -0.15) is 0 Å². The van der Waals surface area contributed by atoms with Crippen LogP contribution in [0.4, 0.5) is 0 Å². The fraction of sp³-hybridized carbons (Fsp3) is 0.364. The smallest absolute Gasteiger partial charge is 0.123 e. The first-order valence-corrected chi connectivity index (χ1v) is 5.27. The molecule has 1 N–H and O–H groups in total. The average Bonchev–Trinajstić information content (AvgIpc) is 2.73. The predicted octanol–water partition coefficient (Wildman–Crippen LogP) is 1.89. The van der Waals surface area contributed by atoms with E-state index in [9.17, 15) is 0 Å². The van der Waals surface area contributed by atoms with Crippen molar-refractivity contribution < 1.29 is 4.74 Å². The van der Waals surface area contributed by atoms with Gasteiger partial charge in [-0.1, -0.05) is 17.7 Å². The number of nitrogens with one attached hydrogen (secondary N) is 1. The van der Waals surface area contributed by atoms with E-state index in [2.05, 4.69) is 10.3 Å². The molecule has 1 aromatic carbocycles. The van der Waals surface area contributed by atoms with Gasteiger partial charge in [-0.25, -0.2) is 0 Å². The third kappa shape index (κ3) is 2.42. The molecule has 0 aromatic heterocycles. The molecule has 0 fully saturated rings. The van der Waals surface area contributed by atoms with Crippen molar-refractivity contribution in [3.8, 4) is 5.75 Å². The molecule has 0 saturated carbocycles. The molecular formula is C11H13ClN2O. The molecule has 0 amide bonds. The lowest BCUT2D eigenvalue weighted by molar-refractivity contribution is 0.411. The molecule has 0 bridgehead atoms. The SMILES string of the molecule is COc1cc(Cl)ccc1CC1=NCCN1. The number of nitrogens with zero attached hydrogens (tertiary/aromatic N) is 1. The van der Waals surface area contributed by atoms with Gasteiger partial charge in [0, 0.05) is 23.6 Å². The minimum atomic E-state index is 0.692. The highest BCUT2D eigenvalue weighted by atomic mass is 35.5. The van der Waals surface area contributed by atoms with Crippen LogP contribution in [0.2, 0.25) is 5.02 Å². The van der Waals surface area contributed by atoms with Crippen LogP contribution in [0.25, 0.3) is 0 Å². The maximum absolute atomic E-state index is 5.89. The molecule has 0 spiro atoms. The van der Waals surface area contributed by atoms with Crippen molar-refractivity contribution >= 4 is 17.4 Å². The number of amidine groups is 1. The van der Waals surface area contributed by atoms with Crippen LogP contribution in [-0.2, 0) is 6.42 Å². The molecule has 1 aromatic rings. The summed E-state index contributed by atoms with van der Waals surface area (Å²) in [5, 5.41) is 3.92. The fourth-order valence-corrected chi connectivity index (χ4v) is 1.77. The van der Waals surface area contributed by atoms with Crippen molar-refractivity contribution in [3.05, 3.63) is 28.8 Å². The van der Waals surface area contributed by atoms with Crippen LogP contribution < -0.4 is 10.1 Å². The Morgan fingerprint density at radius 2 is 2.40 bits per heavy atom. The van der Waals surface area contributed by atoms with Crippen LogP contribution >= 0.6 is 11.6 Å². The predicted molar refractivity (Wildman–Crippen MR) is 62.0 cm³/mol. The van der Waals surface area contributed by atoms with E-state index in [1.165, 1.54) is 0 Å². The van der Waals surface area contributed by atoms with E-state index in [4.69, 9.17) is 16.3 Å². The van der Waals surface area contributed by atoms with Crippen molar-refractivity contribution in [2.45, 2.75) is 6.42 Å². The van der Waals surface area contributed by atoms with Crippen LogP contribution in [0.15, 0.2) is 23.2 Å². The molecule has 15 heavy (non-hydrogen) atoms. The van der Waals surface area contributed by atoms with Gasteiger partial charge in [0.1, 0.15) is 11.6 Å². The Bertz CT molecular complexity index is 390. The van der Waals surface area contributed by atoms with Crippen LogP contribution in [0.5, 0.6) is 5.75 Å². The summed E-state index contributed by atoms with van der Waals surface area (Å²) in [6, 6.07) is 5.67. The topological polar surface area (TPSA) is 33.6 Å². The number of halogens is 1. The van der Waals surface area contributed by atoms with Gasteiger partial charge in [-0.15, -0.1) is 0 Å². The molecule has 0 saturated heterocycles. The summed E-state index contributed by atoms with van der Waals surface area (Å²) in [6.45, 7) is 1.80. The van der Waals surface area contributed by atoms with Gasteiger partial charge in [-0.05, 0) is 12.1 Å². The van der Waals surface area contributed by atoms with Crippen LogP contribution in [0, 0.1) is 0 Å². The molecular weight excluding hydrogens is 212 g/mol. The van der Waals surface area contributed by atoms with Crippen LogP contribution in [0.3, 0.4) is 0 Å². The molecule has 1 heterocycles. The summed E-state index contributed by atoms with van der Waals surface area (Å²) in [6.07, 6.45) is 0.778. The van der Waals surface area contributed by atoms with Crippen molar-refractivity contribution in [3.63, 3.8) is 0 Å². The number of benzene rings is 1. The summed E-state index contributed by atoms with van der Waals surface area (Å²) >= 11 is 5.89. The lowest BCUT2D eigenvalue weighted by atomic mass is 10.1. The number of aliphatic imine (C=N–C) groups is 1. The molecule has 0 unspecified atom stereocenters. The Labute approximate surface area is 94.1 Å². The molecule has 80 valence electrons. The van der Waals surface area contributed by atoms with Crippen LogP contribution in [0.1, 0.15) is 5.56 Å². The Morgan fingerprint density at radius 3 is 3.07 bits per heavy atom. The third-order valence-corrected chi connectivity index (χ3v) is 2.59. The van der Waals surface area contributed by atoms with Crippen molar-refractivity contribution in [1.82, 2.24) is 5.32 Å². The maximum atomic E-state index is 5.89. The van der Waals surface area contributed by atoms with E-state index in [1.54, 1.807) is 7.11 Å². The highest BCUT2D eigenvalue weighted by Crippen LogP contribution is 2.23. The summed E-state index contributed by atoms with van der Waals surface area (Å²) < 4.78 is 5.27. The monoisotopic (exact) mass is 224 g/mol. The lowest BCUT2D eigenvalue weighted by Crippen LogP contribution is -2.20. The van der Waals surface area contributed by atoms with Gasteiger partial charge in [-0.3, -0.25) is 4.99 Å². The highest BCUT2D eigenvalue weighted by Gasteiger charge is 2.10. The zero-order chi connectivity index (χ0) is 10.7. The Kier molecular flexibility index (Phi) is 3.11. The lowest BCUT2D eigenvalue weighted by Gasteiger charge is -2.09. The van der Waals surface area contributed by atoms with E-state index in [0.717, 1.165) is 36.7 Å². The number of hydrogen-bond acceptors (Lipinski definition) is 3. The highest BCUT2D eigenvalue weighted by molar-refractivity contribution is 6.30. The Balaban J connectivity index is 2.19. The Morgan fingerprint density at radius 1 is 1.53 bits per heavy atom. The molecule has 1 aliphatic rings. The van der Waals surface area contributed by atoms with Gasteiger partial charge in [0.25, 0.3) is 0 Å². The number of hydrogen-bond donors (Lipinski definition) is 1. The normalized spacial score (nSPS) is 14.7. The number of rotatable bonds is 3. The summed E-state index contributed by atoms with van der Waals surface area (Å²) in [7, 11) is 1.65. The summed E-state index contributed by atoms with van der Waals surface area (Å²) in [5.41, 5.74) is 1.11. The largest absolute Gasteiger partial charge is 0.496 e. The molecule has 2 rings (SSSR count). The van der Waals surface area contributed by atoms with Gasteiger partial charge in [0.15, 0.2) is 0 Å². The second-order valence-corrected chi connectivity index (χ2v) is 3.82. The molecule has 3 nitrogen and oxygen atoms in total. The second kappa shape index (κ2) is 4.53. The van der Waals surface area contributed by atoms with Gasteiger partial charge >= 0.3 is 0 Å². The van der Waals surface area contributed by atoms with E-state index in [0.29, 0.717) is 5.02 Å². The van der Waals surface area contributed by atoms with Crippen molar-refractivity contribution in [2.75, 3.05) is 20.2 Å². The van der Waals surface area contributed by atoms with Gasteiger partial charge < -0.3 is 10.1 Å².